The molecule has 1 aliphatic rings. The van der Waals surface area contributed by atoms with E-state index < -0.39 is 5.60 Å². The lowest BCUT2D eigenvalue weighted by molar-refractivity contribution is 0.0584. The number of aromatic nitrogens is 1. The van der Waals surface area contributed by atoms with Crippen molar-refractivity contribution >= 4 is 35.0 Å². The Bertz CT molecular complexity index is 498. The third-order valence-electron chi connectivity index (χ3n) is 2.47. The Morgan fingerprint density at radius 1 is 1.44 bits per heavy atom. The fraction of sp³-hybridized carbons (Fsp3) is 0.500. The fourth-order valence-corrected chi connectivity index (χ4v) is 2.06. The number of carbonyl (C=O) groups is 1. The van der Waals surface area contributed by atoms with Crippen molar-refractivity contribution in [2.75, 3.05) is 11.4 Å². The number of carbonyl (C=O) groups excluding carboxylic acids is 1. The molecule has 0 atom stereocenters. The minimum Gasteiger partial charge on any atom is -0.443 e. The second kappa shape index (κ2) is 4.59. The molecule has 4 nitrogen and oxygen atoms in total. The Morgan fingerprint density at radius 2 is 2.11 bits per heavy atom. The van der Waals surface area contributed by atoms with Gasteiger partial charge in [-0.25, -0.2) is 9.78 Å². The van der Waals surface area contributed by atoms with Gasteiger partial charge in [0.15, 0.2) is 0 Å². The van der Waals surface area contributed by atoms with Crippen LogP contribution in [0.5, 0.6) is 0 Å². The molecule has 98 valence electrons. The zero-order valence-corrected chi connectivity index (χ0v) is 12.0. The first-order chi connectivity index (χ1) is 8.28. The Labute approximate surface area is 116 Å². The molecule has 0 saturated heterocycles. The highest BCUT2D eigenvalue weighted by Gasteiger charge is 2.30. The predicted molar refractivity (Wildman–Crippen MR) is 71.5 cm³/mol. The number of pyridine rings is 1. The van der Waals surface area contributed by atoms with Crippen molar-refractivity contribution in [3.8, 4) is 0 Å². The van der Waals surface area contributed by atoms with Gasteiger partial charge in [-0.05, 0) is 26.8 Å². The minimum atomic E-state index is -0.524. The summed E-state index contributed by atoms with van der Waals surface area (Å²) in [5, 5.41) is 0.604. The van der Waals surface area contributed by atoms with Gasteiger partial charge in [0.2, 0.25) is 0 Å². The smallest absolute Gasteiger partial charge is 0.414 e. The summed E-state index contributed by atoms with van der Waals surface area (Å²) in [5.74, 6) is 0. The summed E-state index contributed by atoms with van der Waals surface area (Å²) in [6.45, 7) is 6.02. The maximum Gasteiger partial charge on any atom is 0.414 e. The van der Waals surface area contributed by atoms with Crippen molar-refractivity contribution in [2.45, 2.75) is 32.8 Å². The Hall–Kier alpha value is -1.000. The van der Waals surface area contributed by atoms with Crippen LogP contribution in [0.4, 0.5) is 10.5 Å². The van der Waals surface area contributed by atoms with Crippen molar-refractivity contribution in [3.63, 3.8) is 0 Å². The van der Waals surface area contributed by atoms with Crippen molar-refractivity contribution in [1.29, 1.82) is 0 Å². The van der Waals surface area contributed by atoms with Crippen LogP contribution in [0.15, 0.2) is 6.07 Å². The summed E-state index contributed by atoms with van der Waals surface area (Å²) in [6, 6.07) is 1.66. The summed E-state index contributed by atoms with van der Waals surface area (Å²) in [7, 11) is 0. The van der Waals surface area contributed by atoms with Crippen LogP contribution in [0, 0.1) is 0 Å². The van der Waals surface area contributed by atoms with Gasteiger partial charge in [0.1, 0.15) is 10.8 Å². The number of amides is 1. The van der Waals surface area contributed by atoms with E-state index in [0.717, 1.165) is 5.69 Å². The molecule has 0 saturated carbocycles. The van der Waals surface area contributed by atoms with Crippen LogP contribution in [-0.4, -0.2) is 23.2 Å². The minimum absolute atomic E-state index is 0.265. The first kappa shape index (κ1) is 13.4. The third-order valence-corrected chi connectivity index (χ3v) is 3.14. The van der Waals surface area contributed by atoms with Crippen LogP contribution < -0.4 is 4.90 Å². The lowest BCUT2D eigenvalue weighted by Crippen LogP contribution is -2.35. The maximum atomic E-state index is 12.0. The molecule has 2 heterocycles. The second-order valence-corrected chi connectivity index (χ2v) is 5.87. The molecule has 18 heavy (non-hydrogen) atoms. The van der Waals surface area contributed by atoms with Gasteiger partial charge in [-0.3, -0.25) is 4.90 Å². The Morgan fingerprint density at radius 3 is 2.72 bits per heavy atom. The van der Waals surface area contributed by atoms with Crippen LogP contribution in [0.2, 0.25) is 10.2 Å². The van der Waals surface area contributed by atoms with Gasteiger partial charge >= 0.3 is 6.09 Å². The highest BCUT2D eigenvalue weighted by Crippen LogP contribution is 2.33. The molecule has 6 heteroatoms. The molecule has 1 aliphatic heterocycles. The molecule has 0 N–H and O–H groups in total. The average Bonchev–Trinajstić information content (AvgIpc) is 2.59. The summed E-state index contributed by atoms with van der Waals surface area (Å²) in [4.78, 5) is 17.7. The molecule has 0 radical (unpaired) electrons. The molecule has 0 unspecified atom stereocenters. The van der Waals surface area contributed by atoms with E-state index in [9.17, 15) is 4.79 Å². The van der Waals surface area contributed by atoms with E-state index in [-0.39, 0.29) is 11.2 Å². The zero-order chi connectivity index (χ0) is 13.5. The van der Waals surface area contributed by atoms with E-state index in [0.29, 0.717) is 23.7 Å². The van der Waals surface area contributed by atoms with Crippen molar-refractivity contribution < 1.29 is 9.53 Å². The van der Waals surface area contributed by atoms with Crippen LogP contribution >= 0.6 is 23.2 Å². The fourth-order valence-electron chi connectivity index (χ4n) is 1.75. The Balaban J connectivity index is 2.26. The molecule has 0 aromatic carbocycles. The number of hydrogen-bond donors (Lipinski definition) is 0. The molecular weight excluding hydrogens is 275 g/mol. The summed E-state index contributed by atoms with van der Waals surface area (Å²) < 4.78 is 5.33. The van der Waals surface area contributed by atoms with Crippen molar-refractivity contribution in [1.82, 2.24) is 4.98 Å². The van der Waals surface area contributed by atoms with Crippen LogP contribution in [0.3, 0.4) is 0 Å². The molecule has 1 amide bonds. The molecule has 0 fully saturated rings. The van der Waals surface area contributed by atoms with E-state index in [4.69, 9.17) is 27.9 Å². The third kappa shape index (κ3) is 2.70. The number of halogens is 2. The van der Waals surface area contributed by atoms with Crippen molar-refractivity contribution in [3.05, 3.63) is 21.9 Å². The van der Waals surface area contributed by atoms with Crippen LogP contribution in [0.1, 0.15) is 26.5 Å². The van der Waals surface area contributed by atoms with Gasteiger partial charge in [0.25, 0.3) is 0 Å². The van der Waals surface area contributed by atoms with E-state index in [1.807, 2.05) is 20.8 Å². The molecule has 1 aromatic heterocycles. The predicted octanol–water partition coefficient (Wildman–Crippen LogP) is 3.69. The second-order valence-electron chi connectivity index (χ2n) is 5.11. The van der Waals surface area contributed by atoms with Crippen LogP contribution in [0.25, 0.3) is 0 Å². The topological polar surface area (TPSA) is 42.4 Å². The van der Waals surface area contributed by atoms with Crippen LogP contribution in [-0.2, 0) is 11.2 Å². The molecule has 0 spiro atoms. The van der Waals surface area contributed by atoms with Gasteiger partial charge in [-0.2, -0.15) is 0 Å². The highest BCUT2D eigenvalue weighted by atomic mass is 35.5. The lowest BCUT2D eigenvalue weighted by atomic mass is 10.2. The van der Waals surface area contributed by atoms with Gasteiger partial charge in [-0.1, -0.05) is 23.2 Å². The number of fused-ring (bicyclic) bond motifs is 1. The highest BCUT2D eigenvalue weighted by molar-refractivity contribution is 6.41. The normalized spacial score (nSPS) is 14.6. The van der Waals surface area contributed by atoms with Gasteiger partial charge in [0.05, 0.1) is 16.4 Å². The zero-order valence-electron chi connectivity index (χ0n) is 10.5. The summed E-state index contributed by atoms with van der Waals surface area (Å²) in [6.07, 6.45) is 0.271. The summed E-state index contributed by atoms with van der Waals surface area (Å²) in [5.41, 5.74) is 0.928. The monoisotopic (exact) mass is 288 g/mol. The van der Waals surface area contributed by atoms with Gasteiger partial charge in [-0.15, -0.1) is 0 Å². The maximum absolute atomic E-state index is 12.0. The SMILES string of the molecule is CC(C)(C)OC(=O)N1CCc2nc(Cl)c(Cl)cc21. The van der Waals surface area contributed by atoms with Crippen molar-refractivity contribution in [2.24, 2.45) is 0 Å². The number of anilines is 1. The summed E-state index contributed by atoms with van der Waals surface area (Å²) >= 11 is 11.8. The van der Waals surface area contributed by atoms with E-state index in [1.54, 1.807) is 6.07 Å². The number of hydrogen-bond acceptors (Lipinski definition) is 3. The van der Waals surface area contributed by atoms with E-state index in [1.165, 1.54) is 4.90 Å². The van der Waals surface area contributed by atoms with E-state index in [2.05, 4.69) is 4.98 Å². The first-order valence-corrected chi connectivity index (χ1v) is 6.39. The number of ether oxygens (including phenoxy) is 1. The van der Waals surface area contributed by atoms with E-state index >= 15 is 0 Å². The number of rotatable bonds is 0. The standard InChI is InChI=1S/C12H14Cl2N2O2/c1-12(2,3)18-11(17)16-5-4-8-9(16)6-7(13)10(14)15-8/h6H,4-5H2,1-3H3. The molecular formula is C12H14Cl2N2O2. The van der Waals surface area contributed by atoms with Gasteiger partial charge < -0.3 is 4.74 Å². The quantitative estimate of drug-likeness (QED) is 0.684. The molecule has 1 aromatic rings. The molecule has 0 aliphatic carbocycles. The molecule has 2 rings (SSSR count). The average molecular weight is 289 g/mol. The number of nitrogens with zero attached hydrogens (tertiary/aromatic N) is 2. The Kier molecular flexibility index (Phi) is 3.43. The largest absolute Gasteiger partial charge is 0.443 e. The molecule has 0 bridgehead atoms. The van der Waals surface area contributed by atoms with Gasteiger partial charge in [0, 0.05) is 13.0 Å². The lowest BCUT2D eigenvalue weighted by Gasteiger charge is -2.24. The first-order valence-electron chi connectivity index (χ1n) is 5.63.